The Balaban J connectivity index is 1.29. The van der Waals surface area contributed by atoms with E-state index < -0.39 is 6.61 Å². The minimum absolute atomic E-state index is 0.313. The van der Waals surface area contributed by atoms with Gasteiger partial charge in [0.25, 0.3) is 0 Å². The van der Waals surface area contributed by atoms with Gasteiger partial charge in [0, 0.05) is 0 Å². The van der Waals surface area contributed by atoms with Gasteiger partial charge in [-0.05, 0) is 104 Å². The molecule has 5 unspecified atom stereocenters. The van der Waals surface area contributed by atoms with Gasteiger partial charge in [0.15, 0.2) is 0 Å². The summed E-state index contributed by atoms with van der Waals surface area (Å²) in [6, 6.07) is 5.60. The fraction of sp³-hybridized carbons (Fsp3) is 0.769. The Morgan fingerprint density at radius 1 is 0.897 bits per heavy atom. The zero-order valence-electron chi connectivity index (χ0n) is 18.1. The highest BCUT2D eigenvalue weighted by Crippen LogP contribution is 2.49. The average Bonchev–Trinajstić information content (AvgIpc) is 2.73. The van der Waals surface area contributed by atoms with Crippen LogP contribution in [-0.4, -0.2) is 6.61 Å². The molecule has 2 fully saturated rings. The van der Waals surface area contributed by atoms with E-state index in [2.05, 4.69) is 11.7 Å². The highest BCUT2D eigenvalue weighted by molar-refractivity contribution is 5.37. The molecule has 0 radical (unpaired) electrons. The van der Waals surface area contributed by atoms with Crippen LogP contribution < -0.4 is 4.74 Å². The molecule has 3 aliphatic rings. The Kier molecular flexibility index (Phi) is 7.13. The third-order valence-electron chi connectivity index (χ3n) is 8.31. The van der Waals surface area contributed by atoms with Gasteiger partial charge in [-0.25, -0.2) is 0 Å². The number of ether oxygens (including phenoxy) is 1. The molecular weight excluding hydrogens is 366 g/mol. The lowest BCUT2D eigenvalue weighted by Crippen LogP contribution is -2.35. The van der Waals surface area contributed by atoms with Crippen LogP contribution in [0.5, 0.6) is 5.75 Å². The van der Waals surface area contributed by atoms with Crippen molar-refractivity contribution in [3.8, 4) is 5.75 Å². The van der Waals surface area contributed by atoms with E-state index >= 15 is 0 Å². The maximum absolute atomic E-state index is 12.5. The maximum atomic E-state index is 12.5. The molecule has 0 aromatic heterocycles. The van der Waals surface area contributed by atoms with Crippen molar-refractivity contribution >= 4 is 0 Å². The van der Waals surface area contributed by atoms with Crippen LogP contribution in [0.1, 0.15) is 88.7 Å². The van der Waals surface area contributed by atoms with Crippen LogP contribution in [0.2, 0.25) is 0 Å². The van der Waals surface area contributed by atoms with Gasteiger partial charge in [-0.15, -0.1) is 0 Å². The normalized spacial score (nSPS) is 31.9. The van der Waals surface area contributed by atoms with Crippen molar-refractivity contribution in [1.82, 2.24) is 0 Å². The van der Waals surface area contributed by atoms with Crippen molar-refractivity contribution in [2.45, 2.75) is 97.0 Å². The monoisotopic (exact) mass is 404 g/mol. The van der Waals surface area contributed by atoms with Gasteiger partial charge >= 0.3 is 6.61 Å². The summed E-state index contributed by atoms with van der Waals surface area (Å²) in [6.45, 7) is -0.431. The number of halogens is 2. The van der Waals surface area contributed by atoms with Crippen LogP contribution in [-0.2, 0) is 12.8 Å². The molecule has 1 aromatic rings. The Morgan fingerprint density at radius 2 is 1.66 bits per heavy atom. The van der Waals surface area contributed by atoms with Gasteiger partial charge in [-0.2, -0.15) is 8.78 Å². The minimum Gasteiger partial charge on any atom is -0.435 e. The third-order valence-corrected chi connectivity index (χ3v) is 8.31. The number of fused-ring (bicyclic) bond motifs is 2. The molecule has 3 heteroatoms. The van der Waals surface area contributed by atoms with E-state index in [1.165, 1.54) is 81.8 Å². The zero-order chi connectivity index (χ0) is 20.2. The van der Waals surface area contributed by atoms with Crippen LogP contribution in [0, 0.1) is 29.6 Å². The van der Waals surface area contributed by atoms with Gasteiger partial charge in [0.1, 0.15) is 5.75 Å². The molecule has 162 valence electrons. The van der Waals surface area contributed by atoms with Crippen LogP contribution in [0.15, 0.2) is 18.2 Å². The molecule has 4 rings (SSSR count). The summed E-state index contributed by atoms with van der Waals surface area (Å²) in [5.41, 5.74) is 2.59. The molecule has 1 aromatic carbocycles. The number of hydrogen-bond acceptors (Lipinski definition) is 1. The summed E-state index contributed by atoms with van der Waals surface area (Å²) >= 11 is 0. The summed E-state index contributed by atoms with van der Waals surface area (Å²) in [4.78, 5) is 0. The van der Waals surface area contributed by atoms with E-state index in [0.717, 1.165) is 42.4 Å². The topological polar surface area (TPSA) is 9.23 Å². The van der Waals surface area contributed by atoms with Gasteiger partial charge in [0.05, 0.1) is 0 Å². The smallest absolute Gasteiger partial charge is 0.387 e. The average molecular weight is 405 g/mol. The summed E-state index contributed by atoms with van der Waals surface area (Å²) in [5, 5.41) is 0. The Hall–Kier alpha value is -1.12. The number of unbranched alkanes of at least 4 members (excludes halogenated alkanes) is 2. The summed E-state index contributed by atoms with van der Waals surface area (Å²) < 4.78 is 29.5. The predicted molar refractivity (Wildman–Crippen MR) is 114 cm³/mol. The summed E-state index contributed by atoms with van der Waals surface area (Å²) in [5.74, 6) is 4.94. The van der Waals surface area contributed by atoms with Crippen molar-refractivity contribution < 1.29 is 13.5 Å². The van der Waals surface area contributed by atoms with E-state index in [9.17, 15) is 8.78 Å². The Morgan fingerprint density at radius 3 is 2.45 bits per heavy atom. The molecular formula is C26H38F2O. The standard InChI is InChI=1S/C26H38F2O/c1-2-3-4-5-18-6-7-20-15-21(9-8-19(20)14-18)22-10-11-24-17-25(29-26(27)28)13-12-23(24)16-22/h12-13,17-22,26H,2-11,14-16H2,1H3. The lowest BCUT2D eigenvalue weighted by atomic mass is 9.61. The molecule has 0 amide bonds. The van der Waals surface area contributed by atoms with Gasteiger partial charge < -0.3 is 4.74 Å². The molecule has 0 aliphatic heterocycles. The van der Waals surface area contributed by atoms with Crippen LogP contribution in [0.25, 0.3) is 0 Å². The SMILES string of the molecule is CCCCCC1CCC2CC(C3CCc4cc(OC(F)F)ccc4C3)CCC2C1. The molecule has 0 bridgehead atoms. The van der Waals surface area contributed by atoms with Crippen LogP contribution in [0.4, 0.5) is 8.78 Å². The number of alkyl halides is 2. The minimum atomic E-state index is -2.73. The van der Waals surface area contributed by atoms with Crippen molar-refractivity contribution in [2.75, 3.05) is 0 Å². The first-order valence-electron chi connectivity index (χ1n) is 12.2. The lowest BCUT2D eigenvalue weighted by molar-refractivity contribution is -0.0499. The van der Waals surface area contributed by atoms with Gasteiger partial charge in [0.2, 0.25) is 0 Å². The largest absolute Gasteiger partial charge is 0.435 e. The van der Waals surface area contributed by atoms with Crippen molar-refractivity contribution in [3.63, 3.8) is 0 Å². The van der Waals surface area contributed by atoms with E-state index in [-0.39, 0.29) is 0 Å². The molecule has 29 heavy (non-hydrogen) atoms. The van der Waals surface area contributed by atoms with E-state index in [0.29, 0.717) is 5.75 Å². The second-order valence-corrected chi connectivity index (χ2v) is 10.1. The predicted octanol–water partition coefficient (Wildman–Crippen LogP) is 7.81. The number of aryl methyl sites for hydroxylation is 1. The van der Waals surface area contributed by atoms with Crippen molar-refractivity contribution in [1.29, 1.82) is 0 Å². The van der Waals surface area contributed by atoms with Gasteiger partial charge in [-0.3, -0.25) is 0 Å². The first-order valence-corrected chi connectivity index (χ1v) is 12.2. The molecule has 0 heterocycles. The van der Waals surface area contributed by atoms with E-state index in [1.54, 1.807) is 6.07 Å². The second-order valence-electron chi connectivity index (χ2n) is 10.1. The Labute approximate surface area is 175 Å². The number of rotatable bonds is 7. The summed E-state index contributed by atoms with van der Waals surface area (Å²) in [6.07, 6.45) is 17.8. The molecule has 3 aliphatic carbocycles. The summed E-state index contributed by atoms with van der Waals surface area (Å²) in [7, 11) is 0. The molecule has 0 spiro atoms. The first-order chi connectivity index (χ1) is 14.1. The lowest BCUT2D eigenvalue weighted by Gasteiger charge is -2.45. The second kappa shape index (κ2) is 9.79. The highest BCUT2D eigenvalue weighted by atomic mass is 19.3. The Bertz CT molecular complexity index is 658. The van der Waals surface area contributed by atoms with Crippen molar-refractivity contribution in [3.05, 3.63) is 29.3 Å². The van der Waals surface area contributed by atoms with E-state index in [1.807, 2.05) is 12.1 Å². The molecule has 1 nitrogen and oxygen atoms in total. The quantitative estimate of drug-likeness (QED) is 0.421. The van der Waals surface area contributed by atoms with Gasteiger partial charge in [-0.1, -0.05) is 45.1 Å². The maximum Gasteiger partial charge on any atom is 0.387 e. The number of benzene rings is 1. The molecule has 0 N–H and O–H groups in total. The first kappa shape index (κ1) is 21.1. The molecule has 5 atom stereocenters. The highest BCUT2D eigenvalue weighted by Gasteiger charge is 2.38. The van der Waals surface area contributed by atoms with Crippen LogP contribution in [0.3, 0.4) is 0 Å². The molecule has 2 saturated carbocycles. The van der Waals surface area contributed by atoms with Crippen LogP contribution >= 0.6 is 0 Å². The van der Waals surface area contributed by atoms with E-state index in [4.69, 9.17) is 0 Å². The fourth-order valence-electron chi connectivity index (χ4n) is 6.73. The van der Waals surface area contributed by atoms with Crippen molar-refractivity contribution in [2.24, 2.45) is 29.6 Å². The fourth-order valence-corrected chi connectivity index (χ4v) is 6.73. The number of hydrogen-bond donors (Lipinski definition) is 0. The molecule has 0 saturated heterocycles. The zero-order valence-corrected chi connectivity index (χ0v) is 18.1. The third kappa shape index (κ3) is 5.33.